The molecule has 0 saturated heterocycles. The Labute approximate surface area is 128 Å². The maximum Gasteiger partial charge on any atom is 0.338 e. The summed E-state index contributed by atoms with van der Waals surface area (Å²) in [5, 5.41) is 0. The summed E-state index contributed by atoms with van der Waals surface area (Å²) in [6.07, 6.45) is 0. The van der Waals surface area contributed by atoms with Gasteiger partial charge in [0.2, 0.25) is 5.78 Å². The Bertz CT molecular complexity index is 735. The summed E-state index contributed by atoms with van der Waals surface area (Å²) < 4.78 is 18.0. The van der Waals surface area contributed by atoms with E-state index in [4.69, 9.17) is 4.74 Å². The number of Topliss-reactive ketones (excluding diaryl/α,β-unsaturated/α-hetero) is 1. The van der Waals surface area contributed by atoms with Gasteiger partial charge in [-0.1, -0.05) is 12.1 Å². The van der Waals surface area contributed by atoms with E-state index in [1.165, 1.54) is 18.2 Å². The number of aryl methyl sites for hydroxylation is 3. The van der Waals surface area contributed by atoms with Gasteiger partial charge in [-0.15, -0.1) is 0 Å². The van der Waals surface area contributed by atoms with Gasteiger partial charge in [0, 0.05) is 5.56 Å². The van der Waals surface area contributed by atoms with E-state index in [1.807, 2.05) is 26.8 Å². The number of carbonyl (C=O) groups excluding carboxylic acids is 2. The Morgan fingerprint density at radius 3 is 2.36 bits per heavy atom. The molecular formula is C18H17FO3. The van der Waals surface area contributed by atoms with Crippen molar-refractivity contribution in [3.63, 3.8) is 0 Å². The lowest BCUT2D eigenvalue weighted by Gasteiger charge is -2.09. The van der Waals surface area contributed by atoms with Crippen molar-refractivity contribution in [3.05, 3.63) is 70.0 Å². The Hall–Kier alpha value is -2.49. The van der Waals surface area contributed by atoms with Gasteiger partial charge in [0.1, 0.15) is 5.82 Å². The zero-order valence-electron chi connectivity index (χ0n) is 12.8. The molecule has 2 rings (SSSR count). The van der Waals surface area contributed by atoms with Crippen LogP contribution < -0.4 is 0 Å². The lowest BCUT2D eigenvalue weighted by molar-refractivity contribution is 0.0474. The molecule has 0 bridgehead atoms. The maximum atomic E-state index is 13.1. The van der Waals surface area contributed by atoms with E-state index in [0.29, 0.717) is 5.56 Å². The van der Waals surface area contributed by atoms with Crippen molar-refractivity contribution in [1.82, 2.24) is 0 Å². The Morgan fingerprint density at radius 2 is 1.68 bits per heavy atom. The molecule has 2 aromatic carbocycles. The molecule has 0 N–H and O–H groups in total. The molecule has 0 aliphatic heterocycles. The van der Waals surface area contributed by atoms with Crippen molar-refractivity contribution in [1.29, 1.82) is 0 Å². The van der Waals surface area contributed by atoms with Crippen molar-refractivity contribution in [3.8, 4) is 0 Å². The minimum absolute atomic E-state index is 0.0876. The van der Waals surface area contributed by atoms with Gasteiger partial charge in [0.15, 0.2) is 6.61 Å². The molecular weight excluding hydrogens is 283 g/mol. The molecule has 0 heterocycles. The number of ether oxygens (including phenoxy) is 1. The fourth-order valence-electron chi connectivity index (χ4n) is 2.17. The summed E-state index contributed by atoms with van der Waals surface area (Å²) in [6, 6.07) is 8.90. The van der Waals surface area contributed by atoms with Crippen LogP contribution in [0.15, 0.2) is 36.4 Å². The number of carbonyl (C=O) groups is 2. The summed E-state index contributed by atoms with van der Waals surface area (Å²) in [5.74, 6) is -1.51. The fourth-order valence-corrected chi connectivity index (χ4v) is 2.17. The fraction of sp³-hybridized carbons (Fsp3) is 0.222. The molecule has 0 amide bonds. The first-order chi connectivity index (χ1) is 10.4. The second-order valence-corrected chi connectivity index (χ2v) is 5.26. The molecule has 0 radical (unpaired) electrons. The molecule has 4 heteroatoms. The van der Waals surface area contributed by atoms with Crippen molar-refractivity contribution in [2.24, 2.45) is 0 Å². The van der Waals surface area contributed by atoms with Crippen LogP contribution in [-0.4, -0.2) is 18.4 Å². The Morgan fingerprint density at radius 1 is 1.00 bits per heavy atom. The lowest BCUT2D eigenvalue weighted by atomic mass is 9.98. The third kappa shape index (κ3) is 3.58. The first kappa shape index (κ1) is 15.9. The predicted molar refractivity (Wildman–Crippen MR) is 81.7 cm³/mol. The van der Waals surface area contributed by atoms with Crippen molar-refractivity contribution in [2.45, 2.75) is 20.8 Å². The van der Waals surface area contributed by atoms with E-state index in [0.717, 1.165) is 22.8 Å². The van der Waals surface area contributed by atoms with Gasteiger partial charge in [0.25, 0.3) is 0 Å². The third-order valence-corrected chi connectivity index (χ3v) is 3.54. The number of rotatable bonds is 4. The zero-order chi connectivity index (χ0) is 16.3. The van der Waals surface area contributed by atoms with Crippen LogP contribution in [0, 0.1) is 26.6 Å². The van der Waals surface area contributed by atoms with Crippen LogP contribution in [0.2, 0.25) is 0 Å². The highest BCUT2D eigenvalue weighted by Crippen LogP contribution is 2.16. The molecule has 3 nitrogen and oxygen atoms in total. The zero-order valence-corrected chi connectivity index (χ0v) is 12.8. The number of esters is 1. The Balaban J connectivity index is 2.07. The summed E-state index contributed by atoms with van der Waals surface area (Å²) in [7, 11) is 0. The predicted octanol–water partition coefficient (Wildman–Crippen LogP) is 3.79. The van der Waals surface area contributed by atoms with Crippen molar-refractivity contribution in [2.75, 3.05) is 6.61 Å². The van der Waals surface area contributed by atoms with Crippen LogP contribution in [0.25, 0.3) is 0 Å². The summed E-state index contributed by atoms with van der Waals surface area (Å²) >= 11 is 0. The van der Waals surface area contributed by atoms with Crippen molar-refractivity contribution >= 4 is 11.8 Å². The highest BCUT2D eigenvalue weighted by atomic mass is 19.1. The number of benzene rings is 2. The molecule has 0 spiro atoms. The van der Waals surface area contributed by atoms with Crippen LogP contribution >= 0.6 is 0 Å². The van der Waals surface area contributed by atoms with Crippen molar-refractivity contribution < 1.29 is 18.7 Å². The number of hydrogen-bond donors (Lipinski definition) is 0. The first-order valence-electron chi connectivity index (χ1n) is 6.92. The molecule has 0 fully saturated rings. The molecule has 0 aliphatic rings. The largest absolute Gasteiger partial charge is 0.454 e. The number of halogens is 1. The lowest BCUT2D eigenvalue weighted by Crippen LogP contribution is -2.15. The van der Waals surface area contributed by atoms with Gasteiger partial charge >= 0.3 is 5.97 Å². The average Bonchev–Trinajstić information content (AvgIpc) is 2.48. The van der Waals surface area contributed by atoms with Crippen LogP contribution in [0.5, 0.6) is 0 Å². The van der Waals surface area contributed by atoms with Gasteiger partial charge in [-0.3, -0.25) is 4.79 Å². The summed E-state index contributed by atoms with van der Waals surface area (Å²) in [5.41, 5.74) is 3.57. The number of ketones is 1. The molecule has 0 atom stereocenters. The van der Waals surface area contributed by atoms with E-state index in [9.17, 15) is 14.0 Å². The van der Waals surface area contributed by atoms with Crippen LogP contribution in [-0.2, 0) is 4.74 Å². The number of hydrogen-bond acceptors (Lipinski definition) is 3. The standard InChI is InChI=1S/C18H17FO3/c1-11-7-13(3)16(8-12(11)2)17(20)10-22-18(21)14-5-4-6-15(19)9-14/h4-9H,10H2,1-3H3. The summed E-state index contributed by atoms with van der Waals surface area (Å²) in [6.45, 7) is 5.37. The minimum atomic E-state index is -0.714. The quantitative estimate of drug-likeness (QED) is 0.637. The van der Waals surface area contributed by atoms with Gasteiger partial charge < -0.3 is 4.74 Å². The normalized spacial score (nSPS) is 10.4. The van der Waals surface area contributed by atoms with E-state index < -0.39 is 11.8 Å². The molecule has 0 aliphatic carbocycles. The van der Waals surface area contributed by atoms with E-state index >= 15 is 0 Å². The van der Waals surface area contributed by atoms with Crippen LogP contribution in [0.1, 0.15) is 37.4 Å². The maximum absolute atomic E-state index is 13.1. The van der Waals surface area contributed by atoms with Gasteiger partial charge in [-0.2, -0.15) is 0 Å². The molecule has 114 valence electrons. The minimum Gasteiger partial charge on any atom is -0.454 e. The van der Waals surface area contributed by atoms with Gasteiger partial charge in [-0.05, 0) is 61.7 Å². The molecule has 2 aromatic rings. The SMILES string of the molecule is Cc1cc(C)c(C(=O)COC(=O)c2cccc(F)c2)cc1C. The first-order valence-corrected chi connectivity index (χ1v) is 6.92. The monoisotopic (exact) mass is 300 g/mol. The average molecular weight is 300 g/mol. The second kappa shape index (κ2) is 6.52. The topological polar surface area (TPSA) is 43.4 Å². The van der Waals surface area contributed by atoms with Crippen LogP contribution in [0.4, 0.5) is 4.39 Å². The molecule has 0 aromatic heterocycles. The van der Waals surface area contributed by atoms with E-state index in [2.05, 4.69) is 0 Å². The second-order valence-electron chi connectivity index (χ2n) is 5.26. The Kier molecular flexibility index (Phi) is 4.71. The smallest absolute Gasteiger partial charge is 0.338 e. The third-order valence-electron chi connectivity index (χ3n) is 3.54. The summed E-state index contributed by atoms with van der Waals surface area (Å²) in [4.78, 5) is 24.0. The van der Waals surface area contributed by atoms with E-state index in [-0.39, 0.29) is 18.0 Å². The van der Waals surface area contributed by atoms with Gasteiger partial charge in [-0.25, -0.2) is 9.18 Å². The molecule has 22 heavy (non-hydrogen) atoms. The highest BCUT2D eigenvalue weighted by molar-refractivity contribution is 6.00. The highest BCUT2D eigenvalue weighted by Gasteiger charge is 2.14. The molecule has 0 unspecified atom stereocenters. The van der Waals surface area contributed by atoms with E-state index in [1.54, 1.807) is 6.07 Å². The van der Waals surface area contributed by atoms with Crippen LogP contribution in [0.3, 0.4) is 0 Å². The van der Waals surface area contributed by atoms with Gasteiger partial charge in [0.05, 0.1) is 5.56 Å². The molecule has 0 saturated carbocycles.